The Labute approximate surface area is 341 Å². The summed E-state index contributed by atoms with van der Waals surface area (Å²) in [5, 5.41) is 43.1. The van der Waals surface area contributed by atoms with Crippen LogP contribution in [0.1, 0.15) is 116 Å². The average Bonchev–Trinajstić information content (AvgIpc) is 3.80. The zero-order valence-electron chi connectivity index (χ0n) is 34.5. The van der Waals surface area contributed by atoms with Gasteiger partial charge in [0, 0.05) is 47.2 Å². The molecule has 3 aromatic rings. The largest absolute Gasteiger partial charge is 0.507 e. The van der Waals surface area contributed by atoms with Gasteiger partial charge in [-0.15, -0.1) is 0 Å². The predicted octanol–water partition coefficient (Wildman–Crippen LogP) is 2.66. The second-order valence-electron chi connectivity index (χ2n) is 17.6. The van der Waals surface area contributed by atoms with Gasteiger partial charge in [0.2, 0.25) is 5.78 Å². The van der Waals surface area contributed by atoms with Gasteiger partial charge in [-0.1, -0.05) is 6.07 Å². The Kier molecular flexibility index (Phi) is 10.7. The molecule has 1 aromatic heterocycles. The molecule has 1 aliphatic carbocycles. The van der Waals surface area contributed by atoms with Crippen molar-refractivity contribution in [2.75, 3.05) is 14.1 Å². The molecule has 16 heteroatoms. The van der Waals surface area contributed by atoms with Crippen molar-refractivity contribution < 1.29 is 62.9 Å². The molecule has 14 atom stereocenters. The molecule has 320 valence electrons. The summed E-state index contributed by atoms with van der Waals surface area (Å²) < 4.78 is 42.9. The number of nitrogens with two attached hydrogens (primary N) is 1. The molecule has 0 spiro atoms. The Balaban J connectivity index is 1.15. The first kappa shape index (κ1) is 42.1. The van der Waals surface area contributed by atoms with E-state index in [-0.39, 0.29) is 81.7 Å². The quantitative estimate of drug-likeness (QED) is 0.161. The third-order valence-electron chi connectivity index (χ3n) is 13.1. The van der Waals surface area contributed by atoms with E-state index in [1.165, 1.54) is 18.2 Å². The maximum Gasteiger partial charge on any atom is 0.202 e. The minimum Gasteiger partial charge on any atom is -0.507 e. The molecule has 6 unspecified atom stereocenters. The number of fused-ring (bicyclic) bond motifs is 4. The number of phenols is 1. The number of aliphatic hydroxyl groups excluding tert-OH is 3. The topological polar surface area (TPSA) is 233 Å². The monoisotopic (exact) mass is 822 g/mol. The molecule has 6 N–H and O–H groups in total. The summed E-state index contributed by atoms with van der Waals surface area (Å²) in [7, 11) is 3.76. The number of carbonyl (C=O) groups excluding carboxylic acids is 2. The molecule has 0 bridgehead atoms. The zero-order chi connectivity index (χ0) is 42.6. The first-order valence-electron chi connectivity index (χ1n) is 20.2. The molecule has 16 nitrogen and oxygen atoms in total. The second-order valence-corrected chi connectivity index (χ2v) is 17.6. The van der Waals surface area contributed by atoms with E-state index < -0.39 is 95.3 Å². The van der Waals surface area contributed by atoms with Gasteiger partial charge in [-0.05, 0) is 79.8 Å². The van der Waals surface area contributed by atoms with E-state index in [1.54, 1.807) is 33.8 Å². The number of likely N-dealkylation sites (N-methyl/N-ethyl adjacent to an activating group) is 1. The number of benzene rings is 2. The van der Waals surface area contributed by atoms with Crippen LogP contribution in [0.5, 0.6) is 5.75 Å². The summed E-state index contributed by atoms with van der Waals surface area (Å²) in [6.07, 6.45) is -7.48. The highest BCUT2D eigenvalue weighted by Crippen LogP contribution is 2.48. The number of nitrogens with zero attached hydrogens (tertiary/aromatic N) is 1. The molecule has 59 heavy (non-hydrogen) atoms. The molecule has 8 rings (SSSR count). The van der Waals surface area contributed by atoms with Crippen LogP contribution >= 0.6 is 0 Å². The van der Waals surface area contributed by atoms with Gasteiger partial charge in [-0.25, -0.2) is 0 Å². The molecule has 0 amide bonds. The molecular formula is C43H54N2O14. The van der Waals surface area contributed by atoms with Crippen molar-refractivity contribution in [3.8, 4) is 5.75 Å². The standard InChI is InChI=1S/C43H54N2O14/c1-17-35(48)27(47)14-30(55-17)58-39-18(2)54-28(12-25(39)45(7)8)22-9-10-23-33(37(22)50)38(51)34-24(36(23)49)11-21(16-53-31-15-42(5,44)41(52)19(3)56-31)32-26(46)13-29(57-40(32)34)43(6)20(4)59-43/h9-11,13,17-20,25,27-28,30-31,35,39,41,47-48,50,52H,12,14-16,44H2,1-8H3/t17-,18-,19?,20?,25-,27-,28+,30-,31?,35+,39+,41?,42?,43?/m0/s1. The Morgan fingerprint density at radius 3 is 2.22 bits per heavy atom. The van der Waals surface area contributed by atoms with E-state index >= 15 is 0 Å². The third-order valence-corrected chi connectivity index (χ3v) is 13.1. The van der Waals surface area contributed by atoms with E-state index in [0.29, 0.717) is 6.42 Å². The lowest BCUT2D eigenvalue weighted by atomic mass is 9.79. The summed E-state index contributed by atoms with van der Waals surface area (Å²) in [5.74, 6) is -1.53. The van der Waals surface area contributed by atoms with Gasteiger partial charge in [0.1, 0.15) is 29.3 Å². The normalized spacial score (nSPS) is 38.4. The van der Waals surface area contributed by atoms with Crippen molar-refractivity contribution in [1.29, 1.82) is 0 Å². The molecule has 2 aromatic carbocycles. The number of phenolic OH excluding ortho intramolecular Hbond substituents is 1. The number of rotatable bonds is 8. The van der Waals surface area contributed by atoms with Crippen molar-refractivity contribution >= 4 is 22.5 Å². The van der Waals surface area contributed by atoms with Gasteiger partial charge in [0.05, 0.1) is 65.8 Å². The highest BCUT2D eigenvalue weighted by molar-refractivity contribution is 6.32. The number of hydrogen-bond acceptors (Lipinski definition) is 16. The molecule has 0 radical (unpaired) electrons. The van der Waals surface area contributed by atoms with Crippen LogP contribution in [0.15, 0.2) is 33.5 Å². The molecule has 4 saturated heterocycles. The van der Waals surface area contributed by atoms with Crippen LogP contribution in [0.3, 0.4) is 0 Å². The molecule has 5 aliphatic rings. The molecule has 4 aliphatic heterocycles. The van der Waals surface area contributed by atoms with E-state index in [9.17, 15) is 34.8 Å². The smallest absolute Gasteiger partial charge is 0.202 e. The summed E-state index contributed by atoms with van der Waals surface area (Å²) in [6, 6.07) is 5.57. The fourth-order valence-electron chi connectivity index (χ4n) is 9.24. The average molecular weight is 823 g/mol. The maximum atomic E-state index is 14.8. The highest BCUT2D eigenvalue weighted by Gasteiger charge is 2.53. The number of hydrogen-bond donors (Lipinski definition) is 5. The maximum absolute atomic E-state index is 14.8. The van der Waals surface area contributed by atoms with Crippen LogP contribution < -0.4 is 11.2 Å². The van der Waals surface area contributed by atoms with Crippen LogP contribution in [0, 0.1) is 0 Å². The lowest BCUT2D eigenvalue weighted by Crippen LogP contribution is -2.60. The fourth-order valence-corrected chi connectivity index (χ4v) is 9.24. The molecular weight excluding hydrogens is 768 g/mol. The van der Waals surface area contributed by atoms with Crippen molar-refractivity contribution in [1.82, 2.24) is 4.90 Å². The minimum atomic E-state index is -1.03. The summed E-state index contributed by atoms with van der Waals surface area (Å²) in [4.78, 5) is 45.3. The fraction of sp³-hybridized carbons (Fsp3) is 0.605. The Morgan fingerprint density at radius 1 is 0.881 bits per heavy atom. The van der Waals surface area contributed by atoms with Gasteiger partial charge in [0.25, 0.3) is 0 Å². The molecule has 0 saturated carbocycles. The number of ketones is 2. The van der Waals surface area contributed by atoms with Gasteiger partial charge in [-0.2, -0.15) is 0 Å². The van der Waals surface area contributed by atoms with E-state index in [1.807, 2.05) is 32.8 Å². The number of ether oxygens (including phenoxy) is 6. The van der Waals surface area contributed by atoms with Crippen LogP contribution in [0.2, 0.25) is 0 Å². The Bertz CT molecular complexity index is 2230. The van der Waals surface area contributed by atoms with E-state index in [2.05, 4.69) is 0 Å². The number of carbonyl (C=O) groups is 2. The highest BCUT2D eigenvalue weighted by atomic mass is 16.7. The molecule has 5 heterocycles. The van der Waals surface area contributed by atoms with Gasteiger partial charge < -0.3 is 63.9 Å². The van der Waals surface area contributed by atoms with Gasteiger partial charge in [-0.3, -0.25) is 14.4 Å². The van der Waals surface area contributed by atoms with E-state index in [4.69, 9.17) is 38.6 Å². The van der Waals surface area contributed by atoms with Crippen LogP contribution in [0.4, 0.5) is 0 Å². The summed E-state index contributed by atoms with van der Waals surface area (Å²) in [5.41, 5.74) is 3.87. The number of aliphatic hydroxyl groups is 3. The van der Waals surface area contributed by atoms with Crippen molar-refractivity contribution in [3.63, 3.8) is 0 Å². The van der Waals surface area contributed by atoms with Crippen molar-refractivity contribution in [2.24, 2.45) is 5.73 Å². The SMILES string of the molecule is CC1OC(OCc2cc3c(c4oc(C5(C)OC5C)cc(=O)c24)C(=O)c2c(ccc([C@H]4C[C@H](N(C)C)[C@H](O[C@H]5C[C@H](O)[C@H](O)[C@H](C)O5)[C@H](C)O4)c2O)C3=O)CC(C)(N)C1O. The number of aromatic hydroxyl groups is 1. The van der Waals surface area contributed by atoms with Crippen molar-refractivity contribution in [2.45, 2.75) is 152 Å². The zero-order valence-corrected chi connectivity index (χ0v) is 34.5. The van der Waals surface area contributed by atoms with Crippen molar-refractivity contribution in [3.05, 3.63) is 73.6 Å². The lowest BCUT2D eigenvalue weighted by molar-refractivity contribution is -0.287. The van der Waals surface area contributed by atoms with Crippen LogP contribution in [0.25, 0.3) is 11.0 Å². The predicted molar refractivity (Wildman–Crippen MR) is 209 cm³/mol. The van der Waals surface area contributed by atoms with E-state index in [0.717, 1.165) is 0 Å². The van der Waals surface area contributed by atoms with Crippen LogP contribution in [-0.2, 0) is 40.6 Å². The summed E-state index contributed by atoms with van der Waals surface area (Å²) in [6.45, 7) is 10.2. The second kappa shape index (κ2) is 15.1. The lowest BCUT2D eigenvalue weighted by Gasteiger charge is -2.46. The Hall–Kier alpha value is -3.65. The van der Waals surface area contributed by atoms with Crippen LogP contribution in [-0.4, -0.2) is 124 Å². The summed E-state index contributed by atoms with van der Waals surface area (Å²) >= 11 is 0. The number of epoxide rings is 1. The third kappa shape index (κ3) is 7.15. The first-order chi connectivity index (χ1) is 27.7. The minimum absolute atomic E-state index is 0.0201. The Morgan fingerprint density at radius 2 is 1.58 bits per heavy atom. The van der Waals surface area contributed by atoms with Gasteiger partial charge >= 0.3 is 0 Å². The first-order valence-corrected chi connectivity index (χ1v) is 20.2. The molecule has 4 fully saturated rings. The van der Waals surface area contributed by atoms with Gasteiger partial charge in [0.15, 0.2) is 29.4 Å².